The van der Waals surface area contributed by atoms with Crippen LogP contribution in [0.4, 0.5) is 17.1 Å². The Morgan fingerprint density at radius 2 is 1.15 bits per heavy atom. The van der Waals surface area contributed by atoms with Gasteiger partial charge in [0.05, 0.1) is 5.69 Å². The first-order valence-electron chi connectivity index (χ1n) is 13.3. The summed E-state index contributed by atoms with van der Waals surface area (Å²) in [5.41, 5.74) is 11.1. The number of benzene rings is 6. The lowest BCUT2D eigenvalue weighted by Crippen LogP contribution is -2.10. The SMILES string of the molecule is c1ccc(N(c2cccc(-c3ccc4c5c(cccc35)-c3ccccc3-4)c2)c2cccc3ccncc23)cc1. The van der Waals surface area contributed by atoms with E-state index in [0.29, 0.717) is 0 Å². The number of nitrogens with zero attached hydrogens (tertiary/aromatic N) is 2. The maximum absolute atomic E-state index is 4.46. The van der Waals surface area contributed by atoms with Gasteiger partial charge in [-0.1, -0.05) is 97.1 Å². The summed E-state index contributed by atoms with van der Waals surface area (Å²) in [6, 6.07) is 48.0. The molecule has 1 heterocycles. The average molecular weight is 497 g/mol. The molecule has 182 valence electrons. The fourth-order valence-corrected chi connectivity index (χ4v) is 6.17. The molecule has 7 aromatic rings. The molecule has 0 aliphatic heterocycles. The maximum atomic E-state index is 4.46. The topological polar surface area (TPSA) is 16.1 Å². The van der Waals surface area contributed by atoms with Gasteiger partial charge in [-0.15, -0.1) is 0 Å². The largest absolute Gasteiger partial charge is 0.310 e. The first-order valence-corrected chi connectivity index (χ1v) is 13.3. The normalized spacial score (nSPS) is 11.6. The van der Waals surface area contributed by atoms with Gasteiger partial charge in [0, 0.05) is 29.2 Å². The summed E-state index contributed by atoms with van der Waals surface area (Å²) in [7, 11) is 0. The van der Waals surface area contributed by atoms with Gasteiger partial charge in [0.1, 0.15) is 0 Å². The van der Waals surface area contributed by atoms with Crippen molar-refractivity contribution in [2.24, 2.45) is 0 Å². The molecular weight excluding hydrogens is 472 g/mol. The monoisotopic (exact) mass is 496 g/mol. The van der Waals surface area contributed by atoms with Gasteiger partial charge in [-0.25, -0.2) is 0 Å². The number of aromatic nitrogens is 1. The molecule has 0 radical (unpaired) electrons. The van der Waals surface area contributed by atoms with Crippen molar-refractivity contribution in [3.8, 4) is 33.4 Å². The lowest BCUT2D eigenvalue weighted by atomic mass is 9.94. The molecule has 1 aromatic heterocycles. The molecule has 0 bridgehead atoms. The fourth-order valence-electron chi connectivity index (χ4n) is 6.17. The minimum atomic E-state index is 1.11. The van der Waals surface area contributed by atoms with E-state index in [1.54, 1.807) is 0 Å². The van der Waals surface area contributed by atoms with E-state index in [4.69, 9.17) is 0 Å². The second-order valence-electron chi connectivity index (χ2n) is 10.0. The number of hydrogen-bond acceptors (Lipinski definition) is 2. The Balaban J connectivity index is 1.34. The zero-order valence-electron chi connectivity index (χ0n) is 21.3. The number of para-hydroxylation sites is 1. The van der Waals surface area contributed by atoms with E-state index in [1.807, 2.05) is 12.4 Å². The van der Waals surface area contributed by atoms with Crippen molar-refractivity contribution in [1.82, 2.24) is 4.98 Å². The Kier molecular flexibility index (Phi) is 4.86. The van der Waals surface area contributed by atoms with E-state index >= 15 is 0 Å². The van der Waals surface area contributed by atoms with Crippen LogP contribution in [0, 0.1) is 0 Å². The molecule has 1 aliphatic carbocycles. The Hall–Kier alpha value is -5.21. The number of pyridine rings is 1. The van der Waals surface area contributed by atoms with Crippen LogP contribution in [0.2, 0.25) is 0 Å². The smallest absolute Gasteiger partial charge is 0.0555 e. The van der Waals surface area contributed by atoms with Gasteiger partial charge in [-0.2, -0.15) is 0 Å². The van der Waals surface area contributed by atoms with E-state index in [2.05, 4.69) is 143 Å². The van der Waals surface area contributed by atoms with Crippen molar-refractivity contribution in [3.63, 3.8) is 0 Å². The highest BCUT2D eigenvalue weighted by molar-refractivity contribution is 6.18. The summed E-state index contributed by atoms with van der Waals surface area (Å²) in [5.74, 6) is 0. The van der Waals surface area contributed by atoms with Crippen LogP contribution in [0.15, 0.2) is 146 Å². The van der Waals surface area contributed by atoms with Crippen LogP contribution < -0.4 is 4.90 Å². The molecule has 0 spiro atoms. The van der Waals surface area contributed by atoms with Gasteiger partial charge in [0.25, 0.3) is 0 Å². The molecule has 0 saturated heterocycles. The van der Waals surface area contributed by atoms with Crippen LogP contribution in [0.1, 0.15) is 0 Å². The molecule has 6 aromatic carbocycles. The van der Waals surface area contributed by atoms with Crippen LogP contribution >= 0.6 is 0 Å². The molecule has 8 rings (SSSR count). The molecule has 0 N–H and O–H groups in total. The second-order valence-corrected chi connectivity index (χ2v) is 10.0. The Bertz CT molecular complexity index is 1990. The summed E-state index contributed by atoms with van der Waals surface area (Å²) in [6.07, 6.45) is 3.82. The molecule has 0 unspecified atom stereocenters. The van der Waals surface area contributed by atoms with Crippen molar-refractivity contribution < 1.29 is 0 Å². The van der Waals surface area contributed by atoms with E-state index in [-0.39, 0.29) is 0 Å². The molecule has 0 saturated carbocycles. The first kappa shape index (κ1) is 21.8. The van der Waals surface area contributed by atoms with E-state index in [1.165, 1.54) is 49.5 Å². The Morgan fingerprint density at radius 3 is 2.03 bits per heavy atom. The molecule has 2 heteroatoms. The van der Waals surface area contributed by atoms with Crippen LogP contribution in [-0.2, 0) is 0 Å². The Morgan fingerprint density at radius 1 is 0.462 bits per heavy atom. The van der Waals surface area contributed by atoms with Crippen LogP contribution in [0.5, 0.6) is 0 Å². The molecule has 1 aliphatic rings. The third-order valence-electron chi connectivity index (χ3n) is 7.88. The zero-order chi connectivity index (χ0) is 25.8. The van der Waals surface area contributed by atoms with Crippen molar-refractivity contribution in [3.05, 3.63) is 146 Å². The number of fused-ring (bicyclic) bond motifs is 4. The second kappa shape index (κ2) is 8.68. The van der Waals surface area contributed by atoms with Gasteiger partial charge >= 0.3 is 0 Å². The van der Waals surface area contributed by atoms with Crippen molar-refractivity contribution in [2.45, 2.75) is 0 Å². The van der Waals surface area contributed by atoms with Crippen molar-refractivity contribution in [2.75, 3.05) is 4.90 Å². The lowest BCUT2D eigenvalue weighted by Gasteiger charge is -2.27. The lowest BCUT2D eigenvalue weighted by molar-refractivity contribution is 1.29. The van der Waals surface area contributed by atoms with E-state index < -0.39 is 0 Å². The highest BCUT2D eigenvalue weighted by Crippen LogP contribution is 2.49. The third-order valence-corrected chi connectivity index (χ3v) is 7.88. The van der Waals surface area contributed by atoms with Gasteiger partial charge in [0.15, 0.2) is 0 Å². The quantitative estimate of drug-likeness (QED) is 0.241. The predicted octanol–water partition coefficient (Wildman–Crippen LogP) is 10.2. The molecular formula is C37H24N2. The van der Waals surface area contributed by atoms with Gasteiger partial charge in [-0.3, -0.25) is 4.98 Å². The Labute approximate surface area is 227 Å². The molecule has 39 heavy (non-hydrogen) atoms. The molecule has 0 amide bonds. The van der Waals surface area contributed by atoms with E-state index in [0.717, 1.165) is 22.4 Å². The summed E-state index contributed by atoms with van der Waals surface area (Å²) in [5, 5.41) is 4.93. The number of anilines is 3. The third kappa shape index (κ3) is 3.39. The predicted molar refractivity (Wildman–Crippen MR) is 164 cm³/mol. The average Bonchev–Trinajstić information content (AvgIpc) is 3.34. The summed E-state index contributed by atoms with van der Waals surface area (Å²) in [4.78, 5) is 6.79. The van der Waals surface area contributed by atoms with Crippen molar-refractivity contribution >= 4 is 38.6 Å². The minimum absolute atomic E-state index is 1.11. The summed E-state index contributed by atoms with van der Waals surface area (Å²) >= 11 is 0. The van der Waals surface area contributed by atoms with Crippen LogP contribution in [-0.4, -0.2) is 4.98 Å². The fraction of sp³-hybridized carbons (Fsp3) is 0. The molecule has 0 atom stereocenters. The highest BCUT2D eigenvalue weighted by atomic mass is 15.1. The standard InChI is InChI=1S/C37H24N2/c1-2-11-27(12-3-1)39(36-18-7-9-25-21-22-38-24-35(25)36)28-13-6-10-26(23-28)29-19-20-34-31-15-5-4-14-30(31)33-17-8-16-32(29)37(33)34/h1-24H. The van der Waals surface area contributed by atoms with Gasteiger partial charge < -0.3 is 4.90 Å². The van der Waals surface area contributed by atoms with Gasteiger partial charge in [-0.05, 0) is 85.9 Å². The molecule has 0 fully saturated rings. The van der Waals surface area contributed by atoms with E-state index in [9.17, 15) is 0 Å². The van der Waals surface area contributed by atoms with Crippen LogP contribution in [0.25, 0.3) is 54.9 Å². The van der Waals surface area contributed by atoms with Crippen molar-refractivity contribution in [1.29, 1.82) is 0 Å². The maximum Gasteiger partial charge on any atom is 0.0555 e. The minimum Gasteiger partial charge on any atom is -0.310 e. The summed E-state index contributed by atoms with van der Waals surface area (Å²) in [6.45, 7) is 0. The molecule has 2 nitrogen and oxygen atoms in total. The van der Waals surface area contributed by atoms with Crippen LogP contribution in [0.3, 0.4) is 0 Å². The number of hydrogen-bond donors (Lipinski definition) is 0. The number of rotatable bonds is 4. The highest BCUT2D eigenvalue weighted by Gasteiger charge is 2.22. The first-order chi connectivity index (χ1) is 19.4. The van der Waals surface area contributed by atoms with Gasteiger partial charge in [0.2, 0.25) is 0 Å². The zero-order valence-corrected chi connectivity index (χ0v) is 21.3. The summed E-state index contributed by atoms with van der Waals surface area (Å²) < 4.78 is 0.